The summed E-state index contributed by atoms with van der Waals surface area (Å²) in [5.41, 5.74) is -0.237. The summed E-state index contributed by atoms with van der Waals surface area (Å²) in [6.07, 6.45) is 2.36. The molecule has 1 saturated carbocycles. The van der Waals surface area contributed by atoms with Crippen molar-refractivity contribution >= 4 is 28.4 Å². The summed E-state index contributed by atoms with van der Waals surface area (Å²) >= 11 is 2.27. The molecule has 1 unspecified atom stereocenters. The van der Waals surface area contributed by atoms with E-state index < -0.39 is 0 Å². The predicted molar refractivity (Wildman–Crippen MR) is 76.2 cm³/mol. The van der Waals surface area contributed by atoms with Gasteiger partial charge in [0.15, 0.2) is 0 Å². The number of para-hydroxylation sites is 1. The molecule has 0 N–H and O–H groups in total. The molecule has 1 aliphatic rings. The van der Waals surface area contributed by atoms with Crippen LogP contribution in [0.5, 0.6) is 5.75 Å². The number of benzene rings is 1. The van der Waals surface area contributed by atoms with Crippen molar-refractivity contribution in [2.24, 2.45) is 5.41 Å². The number of ketones is 1. The second-order valence-corrected chi connectivity index (χ2v) is 5.69. The molecular formula is C14H17IO2. The van der Waals surface area contributed by atoms with Crippen LogP contribution in [0.25, 0.3) is 0 Å². The van der Waals surface area contributed by atoms with Crippen molar-refractivity contribution in [2.45, 2.75) is 39.2 Å². The zero-order valence-electron chi connectivity index (χ0n) is 10.2. The van der Waals surface area contributed by atoms with Crippen LogP contribution < -0.4 is 4.74 Å². The number of hydrogen-bond acceptors (Lipinski definition) is 2. The number of rotatable bonds is 4. The smallest absolute Gasteiger partial charge is 0.146 e. The summed E-state index contributed by atoms with van der Waals surface area (Å²) in [7, 11) is 0. The molecular weight excluding hydrogens is 327 g/mol. The van der Waals surface area contributed by atoms with Gasteiger partial charge in [0, 0.05) is 6.42 Å². The molecule has 2 nitrogen and oxygen atoms in total. The molecule has 0 aliphatic heterocycles. The van der Waals surface area contributed by atoms with E-state index in [1.165, 1.54) is 0 Å². The summed E-state index contributed by atoms with van der Waals surface area (Å²) in [5.74, 6) is 1.26. The summed E-state index contributed by atoms with van der Waals surface area (Å²) in [6.45, 7) is 4.15. The maximum absolute atomic E-state index is 11.8. The first-order valence-corrected chi connectivity index (χ1v) is 7.16. The number of carbonyl (C=O) groups excluding carboxylic acids is 1. The van der Waals surface area contributed by atoms with Crippen LogP contribution in [0.2, 0.25) is 0 Å². The first-order valence-electron chi connectivity index (χ1n) is 6.08. The monoisotopic (exact) mass is 344 g/mol. The fraction of sp³-hybridized carbons (Fsp3) is 0.500. The lowest BCUT2D eigenvalue weighted by Crippen LogP contribution is -2.56. The van der Waals surface area contributed by atoms with Crippen molar-refractivity contribution in [3.63, 3.8) is 0 Å². The minimum absolute atomic E-state index is 0.0564. The van der Waals surface area contributed by atoms with Crippen LogP contribution in [0.3, 0.4) is 0 Å². The van der Waals surface area contributed by atoms with E-state index in [0.717, 1.165) is 22.2 Å². The largest absolute Gasteiger partial charge is 0.488 e. The second-order valence-electron chi connectivity index (χ2n) is 4.53. The zero-order chi connectivity index (χ0) is 12.5. The predicted octanol–water partition coefficient (Wildman–Crippen LogP) is 3.82. The van der Waals surface area contributed by atoms with E-state index in [0.29, 0.717) is 12.2 Å². The molecule has 0 heterocycles. The van der Waals surface area contributed by atoms with E-state index in [2.05, 4.69) is 36.4 Å². The van der Waals surface area contributed by atoms with Crippen LogP contribution in [0, 0.1) is 8.99 Å². The maximum Gasteiger partial charge on any atom is 0.146 e. The molecule has 0 aromatic heterocycles. The Morgan fingerprint density at radius 1 is 1.35 bits per heavy atom. The third-order valence-corrected chi connectivity index (χ3v) is 4.80. The van der Waals surface area contributed by atoms with E-state index in [-0.39, 0.29) is 11.5 Å². The first-order chi connectivity index (χ1) is 8.14. The summed E-state index contributed by atoms with van der Waals surface area (Å²) in [4.78, 5) is 11.8. The Kier molecular flexibility index (Phi) is 3.76. The number of carbonyl (C=O) groups is 1. The summed E-state index contributed by atoms with van der Waals surface area (Å²) < 4.78 is 7.12. The molecule has 1 aromatic rings. The highest BCUT2D eigenvalue weighted by molar-refractivity contribution is 14.1. The molecule has 92 valence electrons. The molecule has 1 aliphatic carbocycles. The molecule has 0 spiro atoms. The van der Waals surface area contributed by atoms with Crippen molar-refractivity contribution in [3.8, 4) is 5.75 Å². The number of ether oxygens (including phenoxy) is 1. The van der Waals surface area contributed by atoms with Gasteiger partial charge in [0.25, 0.3) is 0 Å². The maximum atomic E-state index is 11.8. The number of halogens is 1. The Hall–Kier alpha value is -0.580. The van der Waals surface area contributed by atoms with Crippen LogP contribution in [0.4, 0.5) is 0 Å². The Bertz CT molecular complexity index is 424. The fourth-order valence-electron chi connectivity index (χ4n) is 2.56. The van der Waals surface area contributed by atoms with Gasteiger partial charge in [-0.2, -0.15) is 0 Å². The van der Waals surface area contributed by atoms with Gasteiger partial charge in [-0.25, -0.2) is 0 Å². The lowest BCUT2D eigenvalue weighted by molar-refractivity contribution is -0.153. The van der Waals surface area contributed by atoms with Gasteiger partial charge in [-0.05, 0) is 47.6 Å². The van der Waals surface area contributed by atoms with Gasteiger partial charge >= 0.3 is 0 Å². The molecule has 1 fully saturated rings. The molecule has 0 amide bonds. The minimum Gasteiger partial charge on any atom is -0.488 e. The second kappa shape index (κ2) is 4.96. The third-order valence-electron chi connectivity index (χ3n) is 3.91. The number of Topliss-reactive ketones (excluding diaryl/α,β-unsaturated/α-hetero) is 1. The standard InChI is InChI=1S/C14H17IO2/c1-3-14(4-2)12(16)9-13(14)17-11-8-6-5-7-10(11)15/h5-8,13H,3-4,9H2,1-2H3. The molecule has 2 rings (SSSR count). The Morgan fingerprint density at radius 2 is 2.00 bits per heavy atom. The van der Waals surface area contributed by atoms with Crippen molar-refractivity contribution < 1.29 is 9.53 Å². The van der Waals surface area contributed by atoms with Gasteiger partial charge in [-0.3, -0.25) is 4.79 Å². The van der Waals surface area contributed by atoms with Gasteiger partial charge in [0.1, 0.15) is 17.6 Å². The fourth-order valence-corrected chi connectivity index (χ4v) is 3.08. The van der Waals surface area contributed by atoms with Crippen molar-refractivity contribution in [3.05, 3.63) is 27.8 Å². The van der Waals surface area contributed by atoms with E-state index in [1.54, 1.807) is 0 Å². The number of hydrogen-bond donors (Lipinski definition) is 0. The van der Waals surface area contributed by atoms with Crippen LogP contribution in [-0.2, 0) is 4.79 Å². The molecule has 3 heteroatoms. The molecule has 0 bridgehead atoms. The average Bonchev–Trinajstić information content (AvgIpc) is 2.33. The highest BCUT2D eigenvalue weighted by Gasteiger charge is 2.53. The van der Waals surface area contributed by atoms with E-state index in [9.17, 15) is 4.79 Å². The van der Waals surface area contributed by atoms with E-state index >= 15 is 0 Å². The van der Waals surface area contributed by atoms with Gasteiger partial charge < -0.3 is 4.74 Å². The normalized spacial score (nSPS) is 22.1. The van der Waals surface area contributed by atoms with Crippen LogP contribution >= 0.6 is 22.6 Å². The quantitative estimate of drug-likeness (QED) is 0.777. The Labute approximate surface area is 116 Å². The van der Waals surface area contributed by atoms with Gasteiger partial charge in [0.05, 0.1) is 8.99 Å². The van der Waals surface area contributed by atoms with Crippen LogP contribution in [0.15, 0.2) is 24.3 Å². The van der Waals surface area contributed by atoms with Crippen LogP contribution in [-0.4, -0.2) is 11.9 Å². The molecule has 17 heavy (non-hydrogen) atoms. The Morgan fingerprint density at radius 3 is 2.53 bits per heavy atom. The Balaban J connectivity index is 2.16. The first kappa shape index (κ1) is 12.9. The lowest BCUT2D eigenvalue weighted by atomic mass is 9.61. The van der Waals surface area contributed by atoms with Crippen LogP contribution in [0.1, 0.15) is 33.1 Å². The van der Waals surface area contributed by atoms with E-state index in [4.69, 9.17) is 4.74 Å². The topological polar surface area (TPSA) is 26.3 Å². The third kappa shape index (κ3) is 2.09. The van der Waals surface area contributed by atoms with Crippen molar-refractivity contribution in [2.75, 3.05) is 0 Å². The lowest BCUT2D eigenvalue weighted by Gasteiger charge is -2.46. The molecule has 1 aromatic carbocycles. The molecule has 0 radical (unpaired) electrons. The van der Waals surface area contributed by atoms with Crippen molar-refractivity contribution in [1.82, 2.24) is 0 Å². The van der Waals surface area contributed by atoms with Gasteiger partial charge in [-0.15, -0.1) is 0 Å². The van der Waals surface area contributed by atoms with Gasteiger partial charge in [0.2, 0.25) is 0 Å². The highest BCUT2D eigenvalue weighted by atomic mass is 127. The SMILES string of the molecule is CCC1(CC)C(=O)CC1Oc1ccccc1I. The van der Waals surface area contributed by atoms with E-state index in [1.807, 2.05) is 24.3 Å². The zero-order valence-corrected chi connectivity index (χ0v) is 12.4. The molecule has 0 saturated heterocycles. The van der Waals surface area contributed by atoms with Crippen molar-refractivity contribution in [1.29, 1.82) is 0 Å². The highest BCUT2D eigenvalue weighted by Crippen LogP contribution is 2.46. The van der Waals surface area contributed by atoms with Gasteiger partial charge in [-0.1, -0.05) is 26.0 Å². The summed E-state index contributed by atoms with van der Waals surface area (Å²) in [5, 5.41) is 0. The molecule has 1 atom stereocenters. The minimum atomic E-state index is -0.237. The average molecular weight is 344 g/mol. The summed E-state index contributed by atoms with van der Waals surface area (Å²) in [6, 6.07) is 7.96.